The van der Waals surface area contributed by atoms with Crippen molar-refractivity contribution in [3.63, 3.8) is 0 Å². The van der Waals surface area contributed by atoms with E-state index < -0.39 is 0 Å². The molecule has 1 aliphatic rings. The molecule has 88 valence electrons. The fraction of sp³-hybridized carbons (Fsp3) is 0.909. The summed E-state index contributed by atoms with van der Waals surface area (Å²) in [5.74, 6) is 0.468. The highest BCUT2D eigenvalue weighted by atomic mass is 16.3. The lowest BCUT2D eigenvalue weighted by atomic mass is 10.1. The highest BCUT2D eigenvalue weighted by Crippen LogP contribution is 2.25. The molecule has 1 aliphatic carbocycles. The van der Waals surface area contributed by atoms with Crippen LogP contribution in [-0.4, -0.2) is 61.2 Å². The van der Waals surface area contributed by atoms with Gasteiger partial charge >= 0.3 is 0 Å². The lowest BCUT2D eigenvalue weighted by Crippen LogP contribution is -2.38. The number of carbonyl (C=O) groups is 1. The van der Waals surface area contributed by atoms with Crippen molar-refractivity contribution >= 4 is 5.91 Å². The first-order valence-electron chi connectivity index (χ1n) is 5.57. The van der Waals surface area contributed by atoms with Gasteiger partial charge in [0.05, 0.1) is 12.6 Å². The van der Waals surface area contributed by atoms with Gasteiger partial charge in [0.2, 0.25) is 5.91 Å². The van der Waals surface area contributed by atoms with Crippen LogP contribution in [0.3, 0.4) is 0 Å². The minimum Gasteiger partial charge on any atom is -0.393 e. The third-order valence-corrected chi connectivity index (χ3v) is 3.07. The van der Waals surface area contributed by atoms with Crippen LogP contribution in [0.1, 0.15) is 19.3 Å². The zero-order valence-corrected chi connectivity index (χ0v) is 9.94. The SMILES string of the molecule is CN(CC(=O)N(C)C)CC1CCCC1O. The van der Waals surface area contributed by atoms with Crippen molar-refractivity contribution in [2.45, 2.75) is 25.4 Å². The molecule has 4 heteroatoms. The van der Waals surface area contributed by atoms with Crippen molar-refractivity contribution in [3.05, 3.63) is 0 Å². The van der Waals surface area contributed by atoms with E-state index in [1.54, 1.807) is 19.0 Å². The van der Waals surface area contributed by atoms with Gasteiger partial charge in [0.25, 0.3) is 0 Å². The molecule has 1 N–H and O–H groups in total. The van der Waals surface area contributed by atoms with Gasteiger partial charge in [-0.05, 0) is 25.8 Å². The summed E-state index contributed by atoms with van der Waals surface area (Å²) < 4.78 is 0. The van der Waals surface area contributed by atoms with E-state index >= 15 is 0 Å². The number of nitrogens with zero attached hydrogens (tertiary/aromatic N) is 2. The molecule has 1 fully saturated rings. The zero-order chi connectivity index (χ0) is 11.4. The van der Waals surface area contributed by atoms with E-state index in [0.29, 0.717) is 12.5 Å². The van der Waals surface area contributed by atoms with E-state index in [2.05, 4.69) is 0 Å². The van der Waals surface area contributed by atoms with Crippen molar-refractivity contribution < 1.29 is 9.90 Å². The van der Waals surface area contributed by atoms with Crippen molar-refractivity contribution in [2.24, 2.45) is 5.92 Å². The molecule has 4 nitrogen and oxygen atoms in total. The number of hydrogen-bond acceptors (Lipinski definition) is 3. The van der Waals surface area contributed by atoms with Gasteiger partial charge in [0.15, 0.2) is 0 Å². The van der Waals surface area contributed by atoms with E-state index in [0.717, 1.165) is 25.8 Å². The topological polar surface area (TPSA) is 43.8 Å². The molecule has 0 aromatic heterocycles. The van der Waals surface area contributed by atoms with Crippen LogP contribution in [-0.2, 0) is 4.79 Å². The van der Waals surface area contributed by atoms with Crippen LogP contribution >= 0.6 is 0 Å². The van der Waals surface area contributed by atoms with Crippen LogP contribution in [0, 0.1) is 5.92 Å². The van der Waals surface area contributed by atoms with Crippen molar-refractivity contribution in [3.8, 4) is 0 Å². The zero-order valence-electron chi connectivity index (χ0n) is 9.94. The molecule has 15 heavy (non-hydrogen) atoms. The molecule has 0 heterocycles. The molecule has 1 rings (SSSR count). The first-order valence-corrected chi connectivity index (χ1v) is 5.57. The van der Waals surface area contributed by atoms with Gasteiger partial charge in [-0.3, -0.25) is 9.69 Å². The van der Waals surface area contributed by atoms with E-state index in [1.165, 1.54) is 0 Å². The van der Waals surface area contributed by atoms with Crippen LogP contribution in [0.5, 0.6) is 0 Å². The number of hydrogen-bond donors (Lipinski definition) is 1. The van der Waals surface area contributed by atoms with Crippen molar-refractivity contribution in [2.75, 3.05) is 34.2 Å². The number of aliphatic hydroxyl groups is 1. The molecule has 2 atom stereocenters. The minimum atomic E-state index is -0.165. The predicted octanol–water partition coefficient (Wildman–Crippen LogP) is 0.167. The number of likely N-dealkylation sites (N-methyl/N-ethyl adjacent to an activating group) is 2. The van der Waals surface area contributed by atoms with Crippen LogP contribution in [0.15, 0.2) is 0 Å². The first kappa shape index (κ1) is 12.5. The molecule has 0 spiro atoms. The Morgan fingerprint density at radius 3 is 2.47 bits per heavy atom. The van der Waals surface area contributed by atoms with Crippen LogP contribution < -0.4 is 0 Å². The third kappa shape index (κ3) is 3.80. The van der Waals surface area contributed by atoms with Crippen molar-refractivity contribution in [1.29, 1.82) is 0 Å². The second-order valence-electron chi connectivity index (χ2n) is 4.74. The summed E-state index contributed by atoms with van der Waals surface area (Å²) in [6.07, 6.45) is 2.95. The van der Waals surface area contributed by atoms with Gasteiger partial charge in [0.1, 0.15) is 0 Å². The maximum atomic E-state index is 11.4. The normalized spacial score (nSPS) is 25.9. The minimum absolute atomic E-state index is 0.116. The van der Waals surface area contributed by atoms with Crippen LogP contribution in [0.25, 0.3) is 0 Å². The lowest BCUT2D eigenvalue weighted by Gasteiger charge is -2.23. The largest absolute Gasteiger partial charge is 0.393 e. The van der Waals surface area contributed by atoms with Gasteiger partial charge in [-0.15, -0.1) is 0 Å². The van der Waals surface area contributed by atoms with Crippen LogP contribution in [0.2, 0.25) is 0 Å². The molecule has 0 bridgehead atoms. The standard InChI is InChI=1S/C11H22N2O2/c1-12(2)11(15)8-13(3)7-9-5-4-6-10(9)14/h9-10,14H,4-8H2,1-3H3. The molecule has 0 aliphatic heterocycles. The quantitative estimate of drug-likeness (QED) is 0.725. The predicted molar refractivity (Wildman–Crippen MR) is 59.5 cm³/mol. The molecule has 0 aromatic rings. The Balaban J connectivity index is 2.29. The summed E-state index contributed by atoms with van der Waals surface area (Å²) in [7, 11) is 5.47. The summed E-state index contributed by atoms with van der Waals surface area (Å²) in [5.41, 5.74) is 0. The number of rotatable bonds is 4. The summed E-state index contributed by atoms with van der Waals surface area (Å²) >= 11 is 0. The molecule has 0 saturated heterocycles. The van der Waals surface area contributed by atoms with Gasteiger partial charge < -0.3 is 10.0 Å². The van der Waals surface area contributed by atoms with Gasteiger partial charge in [0, 0.05) is 20.6 Å². The molecule has 1 saturated carbocycles. The Bertz CT molecular complexity index is 219. The third-order valence-electron chi connectivity index (χ3n) is 3.07. The summed E-state index contributed by atoms with van der Waals surface area (Å²) in [5, 5.41) is 9.66. The highest BCUT2D eigenvalue weighted by Gasteiger charge is 2.26. The molecule has 1 amide bonds. The Labute approximate surface area is 91.9 Å². The summed E-state index contributed by atoms with van der Waals surface area (Å²) in [4.78, 5) is 15.0. The van der Waals surface area contributed by atoms with Gasteiger partial charge in [-0.2, -0.15) is 0 Å². The van der Waals surface area contributed by atoms with E-state index in [4.69, 9.17) is 0 Å². The Morgan fingerprint density at radius 1 is 1.33 bits per heavy atom. The van der Waals surface area contributed by atoms with Crippen LogP contribution in [0.4, 0.5) is 0 Å². The number of aliphatic hydroxyl groups excluding tert-OH is 1. The second-order valence-corrected chi connectivity index (χ2v) is 4.74. The second kappa shape index (κ2) is 5.47. The van der Waals surface area contributed by atoms with Gasteiger partial charge in [-0.25, -0.2) is 0 Å². The highest BCUT2D eigenvalue weighted by molar-refractivity contribution is 5.77. The van der Waals surface area contributed by atoms with E-state index in [9.17, 15) is 9.90 Å². The molecular weight excluding hydrogens is 192 g/mol. The molecule has 2 unspecified atom stereocenters. The Kier molecular flexibility index (Phi) is 4.54. The molecule has 0 aromatic carbocycles. The maximum absolute atomic E-state index is 11.4. The van der Waals surface area contributed by atoms with Crippen molar-refractivity contribution in [1.82, 2.24) is 9.80 Å². The first-order chi connectivity index (χ1) is 7.00. The average Bonchev–Trinajstić information content (AvgIpc) is 2.51. The smallest absolute Gasteiger partial charge is 0.236 e. The molecule has 0 radical (unpaired) electrons. The molecular formula is C11H22N2O2. The van der Waals surface area contributed by atoms with E-state index in [1.807, 2.05) is 11.9 Å². The number of carbonyl (C=O) groups excluding carboxylic acids is 1. The Hall–Kier alpha value is -0.610. The monoisotopic (exact) mass is 214 g/mol. The fourth-order valence-corrected chi connectivity index (χ4v) is 2.07. The summed E-state index contributed by atoms with van der Waals surface area (Å²) in [6.45, 7) is 1.26. The summed E-state index contributed by atoms with van der Waals surface area (Å²) in [6, 6.07) is 0. The average molecular weight is 214 g/mol. The van der Waals surface area contributed by atoms with E-state index in [-0.39, 0.29) is 12.0 Å². The van der Waals surface area contributed by atoms with Gasteiger partial charge in [-0.1, -0.05) is 6.42 Å². The number of amides is 1. The Morgan fingerprint density at radius 2 is 2.00 bits per heavy atom. The fourth-order valence-electron chi connectivity index (χ4n) is 2.07. The lowest BCUT2D eigenvalue weighted by molar-refractivity contribution is -0.129. The maximum Gasteiger partial charge on any atom is 0.236 e.